The van der Waals surface area contributed by atoms with Gasteiger partial charge in [0.15, 0.2) is 5.75 Å². The van der Waals surface area contributed by atoms with E-state index < -0.39 is 29.1 Å². The van der Waals surface area contributed by atoms with Crippen LogP contribution in [-0.4, -0.2) is 49.5 Å². The molecule has 2 atom stereocenters. The van der Waals surface area contributed by atoms with Crippen LogP contribution in [0.4, 0.5) is 0 Å². The fraction of sp³-hybridized carbons (Fsp3) is 0.226. The van der Waals surface area contributed by atoms with Crippen molar-refractivity contribution in [3.8, 4) is 28.4 Å². The maximum atomic E-state index is 14.6. The second kappa shape index (κ2) is 9.34. The molecular weight excluding hydrogens is 534 g/mol. The maximum absolute atomic E-state index is 14.6. The number of nitrogens with zero attached hydrogens (tertiary/aromatic N) is 1. The van der Waals surface area contributed by atoms with Gasteiger partial charge in [-0.2, -0.15) is 0 Å². The monoisotopic (exact) mass is 557 g/mol. The molecule has 2 aliphatic rings. The molecule has 2 heterocycles. The molecular formula is C31H24ClNO7. The highest BCUT2D eigenvalue weighted by Gasteiger charge is 2.62. The normalized spacial score (nSPS) is 19.3. The fourth-order valence-electron chi connectivity index (χ4n) is 5.71. The molecule has 1 aliphatic heterocycles. The van der Waals surface area contributed by atoms with Crippen LogP contribution in [0.15, 0.2) is 54.6 Å². The van der Waals surface area contributed by atoms with Gasteiger partial charge >= 0.3 is 5.97 Å². The summed E-state index contributed by atoms with van der Waals surface area (Å²) in [7, 11) is 4.12. The summed E-state index contributed by atoms with van der Waals surface area (Å²) >= 11 is 6.57. The van der Waals surface area contributed by atoms with Crippen LogP contribution in [0.2, 0.25) is 5.02 Å². The van der Waals surface area contributed by atoms with Crippen LogP contribution in [-0.2, 0) is 11.2 Å². The van der Waals surface area contributed by atoms with E-state index in [1.54, 1.807) is 6.92 Å². The molecule has 9 heteroatoms. The molecule has 8 nitrogen and oxygen atoms in total. The van der Waals surface area contributed by atoms with Crippen molar-refractivity contribution >= 4 is 39.9 Å². The molecule has 40 heavy (non-hydrogen) atoms. The van der Waals surface area contributed by atoms with Crippen molar-refractivity contribution in [2.45, 2.75) is 18.9 Å². The Morgan fingerprint density at radius 3 is 2.35 bits per heavy atom. The number of methoxy groups -OCH3 is 3. The SMILES string of the molecule is COC(=O)c1cc(-c2ccc3ccccc3c2)c2c(n1)C[C@@H](C)[C@]1(Oc3c(Cl)c(OC)cc(OC)c3C1=O)C2=O. The first-order valence-corrected chi connectivity index (χ1v) is 13.0. The highest BCUT2D eigenvalue weighted by Crippen LogP contribution is 2.54. The van der Waals surface area contributed by atoms with Gasteiger partial charge in [0.05, 0.1) is 32.6 Å². The summed E-state index contributed by atoms with van der Waals surface area (Å²) in [6.45, 7) is 1.74. The van der Waals surface area contributed by atoms with Crippen LogP contribution in [0.1, 0.15) is 43.8 Å². The summed E-state index contributed by atoms with van der Waals surface area (Å²) in [4.78, 5) is 45.8. The second-order valence-corrected chi connectivity index (χ2v) is 10.2. The van der Waals surface area contributed by atoms with Crippen LogP contribution in [0.25, 0.3) is 21.9 Å². The van der Waals surface area contributed by atoms with E-state index in [0.717, 1.165) is 10.8 Å². The lowest BCUT2D eigenvalue weighted by molar-refractivity contribution is 0.0256. The first-order valence-electron chi connectivity index (χ1n) is 12.6. The van der Waals surface area contributed by atoms with Gasteiger partial charge in [-0.05, 0) is 40.5 Å². The zero-order valence-electron chi connectivity index (χ0n) is 22.2. The zero-order chi connectivity index (χ0) is 28.3. The Kier molecular flexibility index (Phi) is 6.03. The molecule has 1 spiro atoms. The van der Waals surface area contributed by atoms with Gasteiger partial charge < -0.3 is 18.9 Å². The summed E-state index contributed by atoms with van der Waals surface area (Å²) in [6.07, 6.45) is 0.184. The van der Waals surface area contributed by atoms with Crippen molar-refractivity contribution < 1.29 is 33.3 Å². The van der Waals surface area contributed by atoms with Crippen LogP contribution < -0.4 is 14.2 Å². The molecule has 4 aromatic rings. The molecule has 3 aromatic carbocycles. The van der Waals surface area contributed by atoms with Crippen molar-refractivity contribution in [2.24, 2.45) is 5.92 Å². The number of pyridine rings is 1. The van der Waals surface area contributed by atoms with Crippen molar-refractivity contribution in [3.05, 3.63) is 82.1 Å². The van der Waals surface area contributed by atoms with E-state index >= 15 is 0 Å². The lowest BCUT2D eigenvalue weighted by Crippen LogP contribution is -2.57. The highest BCUT2D eigenvalue weighted by molar-refractivity contribution is 6.36. The van der Waals surface area contributed by atoms with Gasteiger partial charge in [-0.3, -0.25) is 9.59 Å². The van der Waals surface area contributed by atoms with Gasteiger partial charge in [0, 0.05) is 12.0 Å². The van der Waals surface area contributed by atoms with E-state index in [-0.39, 0.29) is 45.5 Å². The number of benzene rings is 3. The number of esters is 1. The average molecular weight is 558 g/mol. The number of Topliss-reactive ketones (excluding diaryl/α,β-unsaturated/α-hetero) is 2. The van der Waals surface area contributed by atoms with E-state index in [4.69, 9.17) is 30.5 Å². The first-order chi connectivity index (χ1) is 19.2. The quantitative estimate of drug-likeness (QED) is 0.231. The Morgan fingerprint density at radius 1 is 0.950 bits per heavy atom. The summed E-state index contributed by atoms with van der Waals surface area (Å²) in [5, 5.41) is 2.03. The topological polar surface area (TPSA) is 101 Å². The average Bonchev–Trinajstić information content (AvgIpc) is 3.29. The standard InChI is InChI=1S/C31H24ClNO7/c1-15-11-20-24(28(34)31(15)29(35)25-22(37-2)14-23(38-3)26(32)27(25)40-31)19(13-21(33-20)30(36)39-4)18-10-9-16-7-5-6-8-17(16)12-18/h5-10,12-15H,11H2,1-4H3/t15-,31+/m1/s1. The summed E-state index contributed by atoms with van der Waals surface area (Å²) in [5.41, 5.74) is -0.0173. The lowest BCUT2D eigenvalue weighted by atomic mass is 9.69. The Labute approximate surface area is 234 Å². The number of ketones is 2. The number of halogens is 1. The minimum atomic E-state index is -1.90. The summed E-state index contributed by atoms with van der Waals surface area (Å²) in [5.74, 6) is -1.91. The van der Waals surface area contributed by atoms with Crippen LogP contribution in [0.5, 0.6) is 17.2 Å². The molecule has 0 bridgehead atoms. The Morgan fingerprint density at radius 2 is 1.65 bits per heavy atom. The Balaban J connectivity index is 1.59. The van der Waals surface area contributed by atoms with Gasteiger partial charge in [0.2, 0.25) is 17.2 Å². The van der Waals surface area contributed by atoms with Crippen LogP contribution in [0, 0.1) is 5.92 Å². The second-order valence-electron chi connectivity index (χ2n) is 9.83. The Hall–Kier alpha value is -4.43. The molecule has 0 fully saturated rings. The number of hydrogen-bond donors (Lipinski definition) is 0. The number of aromatic nitrogens is 1. The minimum Gasteiger partial charge on any atom is -0.496 e. The first kappa shape index (κ1) is 25.8. The number of fused-ring (bicyclic) bond motifs is 3. The maximum Gasteiger partial charge on any atom is 0.356 e. The number of carbonyl (C=O) groups excluding carboxylic acids is 3. The van der Waals surface area contributed by atoms with E-state index in [2.05, 4.69) is 4.98 Å². The van der Waals surface area contributed by atoms with E-state index in [1.807, 2.05) is 42.5 Å². The zero-order valence-corrected chi connectivity index (χ0v) is 22.9. The van der Waals surface area contributed by atoms with Crippen molar-refractivity contribution in [1.82, 2.24) is 4.98 Å². The van der Waals surface area contributed by atoms with Crippen molar-refractivity contribution in [1.29, 1.82) is 0 Å². The molecule has 0 amide bonds. The largest absolute Gasteiger partial charge is 0.496 e. The molecule has 0 N–H and O–H groups in total. The van der Waals surface area contributed by atoms with Gasteiger partial charge in [0.1, 0.15) is 27.8 Å². The molecule has 0 saturated heterocycles. The minimum absolute atomic E-state index is 0.0397. The lowest BCUT2D eigenvalue weighted by Gasteiger charge is -2.37. The molecule has 6 rings (SSSR count). The number of rotatable bonds is 4. The predicted octanol–water partition coefficient (Wildman–Crippen LogP) is 5.75. The van der Waals surface area contributed by atoms with E-state index in [9.17, 15) is 14.4 Å². The highest BCUT2D eigenvalue weighted by atomic mass is 35.5. The van der Waals surface area contributed by atoms with Crippen LogP contribution >= 0.6 is 11.6 Å². The smallest absolute Gasteiger partial charge is 0.356 e. The van der Waals surface area contributed by atoms with Crippen molar-refractivity contribution in [3.63, 3.8) is 0 Å². The number of hydrogen-bond acceptors (Lipinski definition) is 8. The van der Waals surface area contributed by atoms with Gasteiger partial charge in [-0.1, -0.05) is 54.9 Å². The van der Waals surface area contributed by atoms with E-state index in [1.165, 1.54) is 33.5 Å². The van der Waals surface area contributed by atoms with Crippen LogP contribution in [0.3, 0.4) is 0 Å². The fourth-order valence-corrected chi connectivity index (χ4v) is 5.98. The number of carbonyl (C=O) groups is 3. The summed E-state index contributed by atoms with van der Waals surface area (Å²) < 4.78 is 22.1. The molecule has 1 aliphatic carbocycles. The molecule has 202 valence electrons. The Bertz CT molecular complexity index is 1760. The summed E-state index contributed by atoms with van der Waals surface area (Å²) in [6, 6.07) is 16.6. The molecule has 0 saturated carbocycles. The van der Waals surface area contributed by atoms with E-state index in [0.29, 0.717) is 16.8 Å². The van der Waals surface area contributed by atoms with Crippen molar-refractivity contribution in [2.75, 3.05) is 21.3 Å². The van der Waals surface area contributed by atoms with Gasteiger partial charge in [0.25, 0.3) is 0 Å². The third kappa shape index (κ3) is 3.52. The third-order valence-electron chi connectivity index (χ3n) is 7.73. The third-order valence-corrected chi connectivity index (χ3v) is 8.08. The van der Waals surface area contributed by atoms with Gasteiger partial charge in [-0.25, -0.2) is 9.78 Å². The predicted molar refractivity (Wildman–Crippen MR) is 148 cm³/mol. The molecule has 0 unspecified atom stereocenters. The molecule has 1 aromatic heterocycles. The molecule has 0 radical (unpaired) electrons. The number of ether oxygens (including phenoxy) is 4. The van der Waals surface area contributed by atoms with Gasteiger partial charge in [-0.15, -0.1) is 0 Å².